The average molecular weight is 239 g/mol. The predicted octanol–water partition coefficient (Wildman–Crippen LogP) is 2.33. The molecule has 1 aliphatic rings. The normalized spacial score (nSPS) is 28.8. The van der Waals surface area contributed by atoms with E-state index in [0.717, 1.165) is 6.42 Å². The van der Waals surface area contributed by atoms with Crippen molar-refractivity contribution in [3.8, 4) is 0 Å². The summed E-state index contributed by atoms with van der Waals surface area (Å²) in [6.45, 7) is 8.59. The van der Waals surface area contributed by atoms with Gasteiger partial charge in [0.05, 0.1) is 12.7 Å². The summed E-state index contributed by atoms with van der Waals surface area (Å²) in [6, 6.07) is 0. The van der Waals surface area contributed by atoms with Crippen LogP contribution >= 0.6 is 0 Å². The molecule has 0 aromatic rings. The zero-order valence-corrected chi connectivity index (χ0v) is 10.6. The van der Waals surface area contributed by atoms with Crippen LogP contribution in [0.3, 0.4) is 0 Å². The highest BCUT2D eigenvalue weighted by Gasteiger charge is 2.37. The van der Waals surface area contributed by atoms with Crippen LogP contribution in [0.2, 0.25) is 0 Å². The minimum Gasteiger partial charge on any atom is -0.450 e. The van der Waals surface area contributed by atoms with E-state index in [-0.39, 0.29) is 6.10 Å². The zero-order chi connectivity index (χ0) is 12.9. The zero-order valence-electron chi connectivity index (χ0n) is 10.6. The minimum atomic E-state index is -0.660. The van der Waals surface area contributed by atoms with Crippen molar-refractivity contribution in [3.05, 3.63) is 12.7 Å². The van der Waals surface area contributed by atoms with Crippen LogP contribution in [0.25, 0.3) is 0 Å². The Bertz CT molecular complexity index is 301. The van der Waals surface area contributed by atoms with Crippen molar-refractivity contribution in [1.82, 2.24) is 0 Å². The van der Waals surface area contributed by atoms with Gasteiger partial charge in [0.15, 0.2) is 0 Å². The van der Waals surface area contributed by atoms with E-state index in [1.165, 1.54) is 0 Å². The fourth-order valence-electron chi connectivity index (χ4n) is 2.17. The molecule has 0 aliphatic carbocycles. The van der Waals surface area contributed by atoms with Crippen molar-refractivity contribution in [2.75, 3.05) is 6.61 Å². The number of ether oxygens (including phenoxy) is 2. The molecule has 4 nitrogen and oxygen atoms in total. The van der Waals surface area contributed by atoms with Crippen LogP contribution in [0.15, 0.2) is 12.7 Å². The molecule has 0 amide bonds. The number of nitrogens with one attached hydrogen (secondary N) is 1. The molecule has 1 heterocycles. The van der Waals surface area contributed by atoms with Gasteiger partial charge in [-0.25, -0.2) is 4.79 Å². The maximum atomic E-state index is 11.2. The quantitative estimate of drug-likeness (QED) is 0.455. The first-order chi connectivity index (χ1) is 8.01. The molecule has 0 aromatic heterocycles. The molecule has 96 valence electrons. The van der Waals surface area contributed by atoms with Gasteiger partial charge in [-0.2, -0.15) is 0 Å². The van der Waals surface area contributed by atoms with Crippen LogP contribution in [-0.4, -0.2) is 30.5 Å². The van der Waals surface area contributed by atoms with Gasteiger partial charge in [-0.15, -0.1) is 0 Å². The number of hydrogen-bond acceptors (Lipinski definition) is 4. The molecule has 4 heteroatoms. The monoisotopic (exact) mass is 239 g/mol. The van der Waals surface area contributed by atoms with E-state index < -0.39 is 11.6 Å². The van der Waals surface area contributed by atoms with Gasteiger partial charge in [0, 0.05) is 12.8 Å². The molecule has 1 saturated heterocycles. The Morgan fingerprint density at radius 3 is 2.94 bits per heavy atom. The molecular formula is C13H21NO3. The lowest BCUT2D eigenvalue weighted by atomic mass is 9.87. The Morgan fingerprint density at radius 2 is 2.41 bits per heavy atom. The molecule has 17 heavy (non-hydrogen) atoms. The lowest BCUT2D eigenvalue weighted by Crippen LogP contribution is -2.43. The van der Waals surface area contributed by atoms with Gasteiger partial charge in [0.25, 0.3) is 0 Å². The fourth-order valence-corrected chi connectivity index (χ4v) is 2.17. The summed E-state index contributed by atoms with van der Waals surface area (Å²) in [4.78, 5) is 11.2. The molecule has 1 N–H and O–H groups in total. The van der Waals surface area contributed by atoms with Crippen molar-refractivity contribution in [2.45, 2.75) is 44.8 Å². The summed E-state index contributed by atoms with van der Waals surface area (Å²) in [5.74, 6) is -0.0749. The van der Waals surface area contributed by atoms with Crippen molar-refractivity contribution in [1.29, 1.82) is 5.41 Å². The van der Waals surface area contributed by atoms with Gasteiger partial charge < -0.3 is 14.9 Å². The SMILES string of the molecule is C=C[C@@]1(OC(=O)C=N)CCO[C@@H](CC(C)C)C1. The lowest BCUT2D eigenvalue weighted by Gasteiger charge is -2.38. The topological polar surface area (TPSA) is 59.4 Å². The van der Waals surface area contributed by atoms with E-state index in [9.17, 15) is 4.79 Å². The largest absolute Gasteiger partial charge is 0.450 e. The standard InChI is InChI=1S/C13H21NO3/c1-4-13(17-12(15)9-14)5-6-16-11(8-13)7-10(2)3/h4,9-11,14H,1,5-8H2,2-3H3/t11-,13+/m0/s1. The van der Waals surface area contributed by atoms with Crippen LogP contribution < -0.4 is 0 Å². The molecular weight excluding hydrogens is 218 g/mol. The third-order valence-corrected chi connectivity index (χ3v) is 2.98. The highest BCUT2D eigenvalue weighted by atomic mass is 16.6. The van der Waals surface area contributed by atoms with Gasteiger partial charge in [-0.3, -0.25) is 0 Å². The molecule has 0 bridgehead atoms. The summed E-state index contributed by atoms with van der Waals surface area (Å²) in [7, 11) is 0. The number of esters is 1. The second-order valence-electron chi connectivity index (χ2n) is 4.91. The van der Waals surface area contributed by atoms with Gasteiger partial charge >= 0.3 is 5.97 Å². The van der Waals surface area contributed by atoms with Crippen LogP contribution in [-0.2, 0) is 14.3 Å². The third kappa shape index (κ3) is 3.97. The maximum Gasteiger partial charge on any atom is 0.349 e. The molecule has 0 radical (unpaired) electrons. The van der Waals surface area contributed by atoms with Crippen molar-refractivity contribution in [2.24, 2.45) is 5.92 Å². The number of carbonyl (C=O) groups excluding carboxylic acids is 1. The molecule has 0 aromatic carbocycles. The van der Waals surface area contributed by atoms with Crippen LogP contribution in [0.1, 0.15) is 33.1 Å². The summed E-state index contributed by atoms with van der Waals surface area (Å²) in [5, 5.41) is 6.89. The second kappa shape index (κ2) is 5.96. The molecule has 0 saturated carbocycles. The van der Waals surface area contributed by atoms with Gasteiger partial charge in [-0.1, -0.05) is 20.4 Å². The Morgan fingerprint density at radius 1 is 1.71 bits per heavy atom. The highest BCUT2D eigenvalue weighted by Crippen LogP contribution is 2.32. The molecule has 1 aliphatic heterocycles. The predicted molar refractivity (Wildman–Crippen MR) is 66.2 cm³/mol. The first kappa shape index (κ1) is 13.9. The molecule has 1 fully saturated rings. The molecule has 0 spiro atoms. The van der Waals surface area contributed by atoms with Crippen molar-refractivity contribution < 1.29 is 14.3 Å². The minimum absolute atomic E-state index is 0.0975. The number of carbonyl (C=O) groups is 1. The van der Waals surface area contributed by atoms with E-state index >= 15 is 0 Å². The van der Waals surface area contributed by atoms with E-state index in [1.54, 1.807) is 6.08 Å². The summed E-state index contributed by atoms with van der Waals surface area (Å²) in [6.07, 6.45) is 4.65. The lowest BCUT2D eigenvalue weighted by molar-refractivity contribution is -0.159. The molecule has 2 atom stereocenters. The number of rotatable bonds is 5. The van der Waals surface area contributed by atoms with Crippen molar-refractivity contribution >= 4 is 12.2 Å². The smallest absolute Gasteiger partial charge is 0.349 e. The average Bonchev–Trinajstić information content (AvgIpc) is 2.28. The Kier molecular flexibility index (Phi) is 4.87. The van der Waals surface area contributed by atoms with Crippen molar-refractivity contribution in [3.63, 3.8) is 0 Å². The van der Waals surface area contributed by atoms with E-state index in [0.29, 0.717) is 31.6 Å². The molecule has 0 unspecified atom stereocenters. The number of hydrogen-bond donors (Lipinski definition) is 1. The van der Waals surface area contributed by atoms with Crippen LogP contribution in [0.5, 0.6) is 0 Å². The van der Waals surface area contributed by atoms with E-state index in [2.05, 4.69) is 20.4 Å². The molecule has 1 rings (SSSR count). The highest BCUT2D eigenvalue weighted by molar-refractivity contribution is 6.21. The van der Waals surface area contributed by atoms with E-state index in [4.69, 9.17) is 14.9 Å². The summed E-state index contributed by atoms with van der Waals surface area (Å²) in [5.41, 5.74) is -0.660. The first-order valence-electron chi connectivity index (χ1n) is 6.00. The Labute approximate surface area is 102 Å². The summed E-state index contributed by atoms with van der Waals surface area (Å²) < 4.78 is 11.0. The first-order valence-corrected chi connectivity index (χ1v) is 6.00. The Hall–Kier alpha value is -1.16. The maximum absolute atomic E-state index is 11.2. The van der Waals surface area contributed by atoms with E-state index in [1.807, 2.05) is 0 Å². The van der Waals surface area contributed by atoms with Gasteiger partial charge in [0.1, 0.15) is 11.8 Å². The van der Waals surface area contributed by atoms with Gasteiger partial charge in [-0.05, 0) is 18.4 Å². The second-order valence-corrected chi connectivity index (χ2v) is 4.91. The fraction of sp³-hybridized carbons (Fsp3) is 0.692. The van der Waals surface area contributed by atoms with Crippen LogP contribution in [0.4, 0.5) is 0 Å². The van der Waals surface area contributed by atoms with Crippen LogP contribution in [0, 0.1) is 11.3 Å². The van der Waals surface area contributed by atoms with Gasteiger partial charge in [0.2, 0.25) is 0 Å². The summed E-state index contributed by atoms with van der Waals surface area (Å²) >= 11 is 0. The third-order valence-electron chi connectivity index (χ3n) is 2.98. The Balaban J connectivity index is 2.67.